The third-order valence-electron chi connectivity index (χ3n) is 3.67. The van der Waals surface area contributed by atoms with E-state index in [1.54, 1.807) is 23.6 Å². The third kappa shape index (κ3) is 3.73. The molecule has 0 bridgehead atoms. The van der Waals surface area contributed by atoms with Gasteiger partial charge in [0, 0.05) is 24.7 Å². The lowest BCUT2D eigenvalue weighted by Gasteiger charge is -2.11. The number of benzene rings is 1. The molecule has 2 N–H and O–H groups in total. The highest BCUT2D eigenvalue weighted by atomic mass is 16.5. The molecule has 24 heavy (non-hydrogen) atoms. The van der Waals surface area contributed by atoms with E-state index in [-0.39, 0.29) is 5.56 Å². The lowest BCUT2D eigenvalue weighted by atomic mass is 10.1. The summed E-state index contributed by atoms with van der Waals surface area (Å²) >= 11 is 0. The second-order valence-corrected chi connectivity index (χ2v) is 5.21. The predicted molar refractivity (Wildman–Crippen MR) is 89.6 cm³/mol. The van der Waals surface area contributed by atoms with Gasteiger partial charge in [0.2, 0.25) is 5.43 Å². The number of carbonyl (C=O) groups is 2. The van der Waals surface area contributed by atoms with Crippen molar-refractivity contribution in [3.63, 3.8) is 0 Å². The number of alkyl carbamates (subject to hydrolysis) is 1. The molecule has 0 fully saturated rings. The Balaban J connectivity index is 2.32. The van der Waals surface area contributed by atoms with E-state index < -0.39 is 17.5 Å². The third-order valence-corrected chi connectivity index (χ3v) is 3.67. The van der Waals surface area contributed by atoms with E-state index in [9.17, 15) is 19.5 Å². The van der Waals surface area contributed by atoms with E-state index >= 15 is 0 Å². The maximum atomic E-state index is 12.4. The van der Waals surface area contributed by atoms with Crippen molar-refractivity contribution < 1.29 is 19.4 Å². The Bertz CT molecular complexity index is 826. The van der Waals surface area contributed by atoms with Gasteiger partial charge in [-0.1, -0.05) is 6.07 Å². The largest absolute Gasteiger partial charge is 0.477 e. The van der Waals surface area contributed by atoms with Crippen LogP contribution in [0.1, 0.15) is 29.8 Å². The van der Waals surface area contributed by atoms with E-state index in [1.165, 1.54) is 6.20 Å². The number of nitrogens with zero attached hydrogens (tertiary/aromatic N) is 1. The van der Waals surface area contributed by atoms with Crippen molar-refractivity contribution in [2.24, 2.45) is 0 Å². The van der Waals surface area contributed by atoms with Crippen molar-refractivity contribution in [1.82, 2.24) is 9.88 Å². The number of aromatic carboxylic acids is 1. The first-order valence-electron chi connectivity index (χ1n) is 7.77. The highest BCUT2D eigenvalue weighted by Gasteiger charge is 2.14. The van der Waals surface area contributed by atoms with Gasteiger partial charge in [-0.05, 0) is 38.0 Å². The molecule has 128 valence electrons. The van der Waals surface area contributed by atoms with Gasteiger partial charge in [-0.2, -0.15) is 0 Å². The van der Waals surface area contributed by atoms with Gasteiger partial charge in [0.15, 0.2) is 0 Å². The van der Waals surface area contributed by atoms with Gasteiger partial charge in [0.05, 0.1) is 12.1 Å². The minimum absolute atomic E-state index is 0.244. The Morgan fingerprint density at radius 1 is 1.29 bits per heavy atom. The van der Waals surface area contributed by atoms with Crippen LogP contribution >= 0.6 is 0 Å². The number of carboxylic acids is 1. The molecule has 2 aromatic rings. The number of ether oxygens (including phenoxy) is 1. The maximum Gasteiger partial charge on any atom is 0.407 e. The van der Waals surface area contributed by atoms with Gasteiger partial charge in [-0.3, -0.25) is 4.79 Å². The number of hydrogen-bond donors (Lipinski definition) is 2. The summed E-state index contributed by atoms with van der Waals surface area (Å²) in [6.45, 7) is 4.83. The second-order valence-electron chi connectivity index (χ2n) is 5.21. The zero-order valence-corrected chi connectivity index (χ0v) is 13.7. The molecule has 1 heterocycles. The molecule has 7 nitrogen and oxygen atoms in total. The fourth-order valence-electron chi connectivity index (χ4n) is 2.51. The first kappa shape index (κ1) is 17.5. The summed E-state index contributed by atoms with van der Waals surface area (Å²) in [7, 11) is 0. The fourth-order valence-corrected chi connectivity index (χ4v) is 2.51. The molecule has 0 aliphatic rings. The van der Waals surface area contributed by atoms with E-state index in [2.05, 4.69) is 5.32 Å². The predicted octanol–water partition coefficient (Wildman–Crippen LogP) is 2.01. The molecule has 1 aromatic heterocycles. The van der Waals surface area contributed by atoms with Crippen molar-refractivity contribution in [3.8, 4) is 0 Å². The van der Waals surface area contributed by atoms with Crippen LogP contribution in [0.25, 0.3) is 10.9 Å². The van der Waals surface area contributed by atoms with Crippen molar-refractivity contribution in [1.29, 1.82) is 0 Å². The van der Waals surface area contributed by atoms with Crippen LogP contribution in [0, 0.1) is 0 Å². The van der Waals surface area contributed by atoms with Crippen molar-refractivity contribution in [2.75, 3.05) is 13.2 Å². The van der Waals surface area contributed by atoms with Crippen LogP contribution in [0.4, 0.5) is 4.79 Å². The summed E-state index contributed by atoms with van der Waals surface area (Å²) in [5, 5.41) is 12.2. The molecule has 0 saturated carbocycles. The van der Waals surface area contributed by atoms with Crippen LogP contribution in [-0.2, 0) is 17.7 Å². The van der Waals surface area contributed by atoms with Crippen LogP contribution in [-0.4, -0.2) is 34.9 Å². The highest BCUT2D eigenvalue weighted by molar-refractivity contribution is 5.92. The molecular weight excluding hydrogens is 312 g/mol. The number of amides is 1. The van der Waals surface area contributed by atoms with Gasteiger partial charge >= 0.3 is 12.1 Å². The number of carboxylic acid groups (broad SMARTS) is 1. The Labute approximate surface area is 138 Å². The molecule has 7 heteroatoms. The maximum absolute atomic E-state index is 12.4. The molecule has 0 aliphatic heterocycles. The molecule has 2 rings (SSSR count). The summed E-state index contributed by atoms with van der Waals surface area (Å²) in [4.78, 5) is 34.9. The summed E-state index contributed by atoms with van der Waals surface area (Å²) in [6, 6.07) is 5.34. The Kier molecular flexibility index (Phi) is 5.57. The van der Waals surface area contributed by atoms with Crippen LogP contribution < -0.4 is 10.7 Å². The van der Waals surface area contributed by atoms with Gasteiger partial charge in [-0.25, -0.2) is 9.59 Å². The number of pyridine rings is 1. The minimum atomic E-state index is -1.24. The highest BCUT2D eigenvalue weighted by Crippen LogP contribution is 2.15. The number of nitrogens with one attached hydrogen (secondary N) is 1. The van der Waals surface area contributed by atoms with Crippen molar-refractivity contribution in [2.45, 2.75) is 26.8 Å². The lowest BCUT2D eigenvalue weighted by molar-refractivity contribution is 0.0694. The lowest BCUT2D eigenvalue weighted by Crippen LogP contribution is -2.26. The van der Waals surface area contributed by atoms with Crippen molar-refractivity contribution >= 4 is 23.0 Å². The summed E-state index contributed by atoms with van der Waals surface area (Å²) < 4.78 is 6.51. The minimum Gasteiger partial charge on any atom is -0.477 e. The van der Waals surface area contributed by atoms with Gasteiger partial charge in [0.25, 0.3) is 0 Å². The SMILES string of the molecule is CCOC(=O)NCCc1ccc2c(c1)c(=O)c(C(=O)O)cn2CC. The number of carbonyl (C=O) groups excluding carboxylic acids is 1. The fraction of sp³-hybridized carbons (Fsp3) is 0.353. The number of aryl methyl sites for hydroxylation is 1. The summed E-state index contributed by atoms with van der Waals surface area (Å²) in [6.07, 6.45) is 1.40. The van der Waals surface area contributed by atoms with Crippen LogP contribution in [0.2, 0.25) is 0 Å². The molecule has 0 atom stereocenters. The average molecular weight is 332 g/mol. The molecule has 1 amide bonds. The Hall–Kier alpha value is -2.83. The molecule has 0 saturated heterocycles. The van der Waals surface area contributed by atoms with Crippen LogP contribution in [0.15, 0.2) is 29.2 Å². The molecule has 0 radical (unpaired) electrons. The van der Waals surface area contributed by atoms with Gasteiger partial charge < -0.3 is 19.7 Å². The first-order valence-corrected chi connectivity index (χ1v) is 7.77. The molecule has 0 unspecified atom stereocenters. The van der Waals surface area contributed by atoms with Gasteiger partial charge in [-0.15, -0.1) is 0 Å². The standard InChI is InChI=1S/C17H20N2O5/c1-3-19-10-13(16(21)22)15(20)12-9-11(5-6-14(12)19)7-8-18-17(23)24-4-2/h5-6,9-10H,3-4,7-8H2,1-2H3,(H,18,23)(H,21,22). The van der Waals surface area contributed by atoms with E-state index in [4.69, 9.17) is 4.74 Å². The molecular formula is C17H20N2O5. The number of hydrogen-bond acceptors (Lipinski definition) is 4. The topological polar surface area (TPSA) is 97.6 Å². The zero-order chi connectivity index (χ0) is 17.7. The first-order chi connectivity index (χ1) is 11.5. The van der Waals surface area contributed by atoms with Crippen molar-refractivity contribution in [3.05, 3.63) is 45.7 Å². The quantitative estimate of drug-likeness (QED) is 0.843. The normalized spacial score (nSPS) is 10.6. The summed E-state index contributed by atoms with van der Waals surface area (Å²) in [5.74, 6) is -1.24. The van der Waals surface area contributed by atoms with E-state index in [0.29, 0.717) is 37.0 Å². The number of rotatable bonds is 6. The summed E-state index contributed by atoms with van der Waals surface area (Å²) in [5.41, 5.74) is 0.782. The van der Waals surface area contributed by atoms with Crippen LogP contribution in [0.5, 0.6) is 0 Å². The smallest absolute Gasteiger partial charge is 0.407 e. The molecule has 1 aromatic carbocycles. The van der Waals surface area contributed by atoms with E-state index in [0.717, 1.165) is 5.56 Å². The molecule has 0 spiro atoms. The number of fused-ring (bicyclic) bond motifs is 1. The Morgan fingerprint density at radius 2 is 2.04 bits per heavy atom. The Morgan fingerprint density at radius 3 is 2.67 bits per heavy atom. The van der Waals surface area contributed by atoms with Gasteiger partial charge in [0.1, 0.15) is 5.56 Å². The molecule has 0 aliphatic carbocycles. The van der Waals surface area contributed by atoms with E-state index in [1.807, 2.05) is 13.0 Å². The van der Waals surface area contributed by atoms with Crippen LogP contribution in [0.3, 0.4) is 0 Å². The average Bonchev–Trinajstić information content (AvgIpc) is 2.55. The zero-order valence-electron chi connectivity index (χ0n) is 13.7. The second kappa shape index (κ2) is 7.63. The monoisotopic (exact) mass is 332 g/mol. The number of aromatic nitrogens is 1.